The number of rotatable bonds is 5. The minimum atomic E-state index is -0.127. The van der Waals surface area contributed by atoms with Crippen LogP contribution in [0.2, 0.25) is 0 Å². The molecule has 0 aliphatic rings. The molecule has 4 nitrogen and oxygen atoms in total. The molecule has 0 radical (unpaired) electrons. The Labute approximate surface area is 142 Å². The average Bonchev–Trinajstić information content (AvgIpc) is 2.60. The van der Waals surface area contributed by atoms with Gasteiger partial charge in [-0.1, -0.05) is 30.0 Å². The number of carbonyl (C=O) groups is 1. The highest BCUT2D eigenvalue weighted by Gasteiger charge is 2.05. The minimum absolute atomic E-state index is 0.127. The summed E-state index contributed by atoms with van der Waals surface area (Å²) in [6.07, 6.45) is 0. The van der Waals surface area contributed by atoms with E-state index in [1.165, 1.54) is 5.56 Å². The smallest absolute Gasteiger partial charge is 0.252 e. The number of hydrogen-bond donors (Lipinski definition) is 1. The summed E-state index contributed by atoms with van der Waals surface area (Å²) < 4.78 is 10.7. The standard InChI is InChI=1S/C20H21NO3/c1-15-10-11-17(14-16(15)2)20(22)21-12-6-7-13-24-19-9-5-4-8-18(19)23-3/h4-5,8-11,14H,12-13H2,1-3H3,(H,21,22). The zero-order valence-corrected chi connectivity index (χ0v) is 14.2. The molecule has 0 bridgehead atoms. The highest BCUT2D eigenvalue weighted by Crippen LogP contribution is 2.25. The Hall–Kier alpha value is -2.93. The van der Waals surface area contributed by atoms with Crippen molar-refractivity contribution in [3.63, 3.8) is 0 Å². The van der Waals surface area contributed by atoms with E-state index in [0.29, 0.717) is 17.1 Å². The molecule has 1 amide bonds. The van der Waals surface area contributed by atoms with E-state index in [0.717, 1.165) is 5.56 Å². The summed E-state index contributed by atoms with van der Waals surface area (Å²) in [6.45, 7) is 4.52. The maximum absolute atomic E-state index is 12.0. The summed E-state index contributed by atoms with van der Waals surface area (Å²) in [5.41, 5.74) is 2.91. The van der Waals surface area contributed by atoms with Crippen LogP contribution >= 0.6 is 0 Å². The molecule has 0 fully saturated rings. The third-order valence-electron chi connectivity index (χ3n) is 3.60. The first-order valence-electron chi connectivity index (χ1n) is 7.69. The Kier molecular flexibility index (Phi) is 6.27. The van der Waals surface area contributed by atoms with E-state index in [4.69, 9.17) is 9.47 Å². The molecule has 2 rings (SSSR count). The van der Waals surface area contributed by atoms with Crippen molar-refractivity contribution in [3.8, 4) is 23.3 Å². The quantitative estimate of drug-likeness (QED) is 0.860. The lowest BCUT2D eigenvalue weighted by atomic mass is 10.1. The van der Waals surface area contributed by atoms with Crippen LogP contribution < -0.4 is 14.8 Å². The summed E-state index contributed by atoms with van der Waals surface area (Å²) >= 11 is 0. The fraction of sp³-hybridized carbons (Fsp3) is 0.250. The van der Waals surface area contributed by atoms with E-state index in [1.807, 2.05) is 56.3 Å². The Morgan fingerprint density at radius 1 is 1.04 bits per heavy atom. The van der Waals surface area contributed by atoms with Crippen LogP contribution in [0, 0.1) is 25.7 Å². The molecule has 0 heterocycles. The van der Waals surface area contributed by atoms with E-state index in [2.05, 4.69) is 17.2 Å². The van der Waals surface area contributed by atoms with Crippen molar-refractivity contribution in [2.24, 2.45) is 0 Å². The van der Waals surface area contributed by atoms with Gasteiger partial charge >= 0.3 is 0 Å². The predicted molar refractivity (Wildman–Crippen MR) is 94.5 cm³/mol. The molecule has 0 atom stereocenters. The summed E-state index contributed by atoms with van der Waals surface area (Å²) in [6, 6.07) is 13.0. The van der Waals surface area contributed by atoms with E-state index in [-0.39, 0.29) is 19.1 Å². The Morgan fingerprint density at radius 3 is 2.50 bits per heavy atom. The molecule has 0 aliphatic carbocycles. The van der Waals surface area contributed by atoms with Crippen LogP contribution in [0.4, 0.5) is 0 Å². The minimum Gasteiger partial charge on any atom is -0.493 e. The average molecular weight is 323 g/mol. The highest BCUT2D eigenvalue weighted by molar-refractivity contribution is 5.94. The van der Waals surface area contributed by atoms with Gasteiger partial charge in [0.15, 0.2) is 11.5 Å². The van der Waals surface area contributed by atoms with Crippen LogP contribution in [0.15, 0.2) is 42.5 Å². The van der Waals surface area contributed by atoms with Crippen molar-refractivity contribution in [2.75, 3.05) is 20.3 Å². The van der Waals surface area contributed by atoms with Crippen LogP contribution in [-0.2, 0) is 0 Å². The van der Waals surface area contributed by atoms with Crippen LogP contribution in [0.5, 0.6) is 11.5 Å². The first-order chi connectivity index (χ1) is 11.6. The monoisotopic (exact) mass is 323 g/mol. The lowest BCUT2D eigenvalue weighted by Crippen LogP contribution is -2.23. The molecule has 1 N–H and O–H groups in total. The molecule has 124 valence electrons. The number of hydrogen-bond acceptors (Lipinski definition) is 3. The number of nitrogens with one attached hydrogen (secondary N) is 1. The van der Waals surface area contributed by atoms with E-state index in [9.17, 15) is 4.79 Å². The van der Waals surface area contributed by atoms with E-state index < -0.39 is 0 Å². The third kappa shape index (κ3) is 4.79. The second-order valence-electron chi connectivity index (χ2n) is 5.27. The van der Waals surface area contributed by atoms with Gasteiger partial charge in [0.1, 0.15) is 6.61 Å². The lowest BCUT2D eigenvalue weighted by molar-refractivity contribution is 0.0958. The fourth-order valence-electron chi connectivity index (χ4n) is 2.07. The van der Waals surface area contributed by atoms with Gasteiger partial charge in [-0.25, -0.2) is 0 Å². The molecule has 24 heavy (non-hydrogen) atoms. The van der Waals surface area contributed by atoms with Gasteiger partial charge in [0, 0.05) is 5.56 Å². The van der Waals surface area contributed by atoms with E-state index >= 15 is 0 Å². The van der Waals surface area contributed by atoms with Gasteiger partial charge < -0.3 is 14.8 Å². The van der Waals surface area contributed by atoms with E-state index in [1.54, 1.807) is 7.11 Å². The molecular formula is C20H21NO3. The molecule has 0 saturated carbocycles. The maximum atomic E-state index is 12.0. The second-order valence-corrected chi connectivity index (χ2v) is 5.27. The molecule has 2 aromatic carbocycles. The third-order valence-corrected chi connectivity index (χ3v) is 3.60. The maximum Gasteiger partial charge on any atom is 0.252 e. The van der Waals surface area contributed by atoms with Crippen molar-refractivity contribution in [3.05, 3.63) is 59.2 Å². The van der Waals surface area contributed by atoms with Crippen molar-refractivity contribution in [2.45, 2.75) is 13.8 Å². The SMILES string of the molecule is COc1ccccc1OCC#CCNC(=O)c1ccc(C)c(C)c1. The van der Waals surface area contributed by atoms with Gasteiger partial charge in [-0.15, -0.1) is 0 Å². The molecule has 0 aromatic heterocycles. The number of ether oxygens (including phenoxy) is 2. The van der Waals surface area contributed by atoms with Gasteiger partial charge in [-0.3, -0.25) is 4.79 Å². The van der Waals surface area contributed by atoms with Crippen molar-refractivity contribution >= 4 is 5.91 Å². The first-order valence-corrected chi connectivity index (χ1v) is 7.69. The van der Waals surface area contributed by atoms with Crippen molar-refractivity contribution < 1.29 is 14.3 Å². The largest absolute Gasteiger partial charge is 0.493 e. The molecule has 4 heteroatoms. The predicted octanol–water partition coefficient (Wildman–Crippen LogP) is 3.12. The van der Waals surface area contributed by atoms with Gasteiger partial charge in [0.2, 0.25) is 0 Å². The van der Waals surface area contributed by atoms with Gasteiger partial charge in [0.25, 0.3) is 5.91 Å². The summed E-state index contributed by atoms with van der Waals surface area (Å²) in [5.74, 6) is 6.93. The zero-order chi connectivity index (χ0) is 17.4. The van der Waals surface area contributed by atoms with Gasteiger partial charge in [0.05, 0.1) is 13.7 Å². The zero-order valence-electron chi connectivity index (χ0n) is 14.2. The Balaban J connectivity index is 1.79. The number of aryl methyl sites for hydroxylation is 2. The summed E-state index contributed by atoms with van der Waals surface area (Å²) in [5, 5.41) is 2.77. The number of carbonyl (C=O) groups excluding carboxylic acids is 1. The molecule has 0 saturated heterocycles. The molecular weight excluding hydrogens is 302 g/mol. The normalized spacial score (nSPS) is 9.62. The molecule has 0 unspecified atom stereocenters. The van der Waals surface area contributed by atoms with Crippen molar-refractivity contribution in [1.82, 2.24) is 5.32 Å². The molecule has 0 spiro atoms. The van der Waals surface area contributed by atoms with Crippen LogP contribution in [-0.4, -0.2) is 26.2 Å². The van der Waals surface area contributed by atoms with Gasteiger partial charge in [-0.05, 0) is 49.2 Å². The fourth-order valence-corrected chi connectivity index (χ4v) is 2.07. The van der Waals surface area contributed by atoms with Crippen LogP contribution in [0.3, 0.4) is 0 Å². The second kappa shape index (κ2) is 8.64. The topological polar surface area (TPSA) is 47.6 Å². The number of para-hydroxylation sites is 2. The molecule has 2 aromatic rings. The Morgan fingerprint density at radius 2 is 1.79 bits per heavy atom. The summed E-state index contributed by atoms with van der Waals surface area (Å²) in [4.78, 5) is 12.0. The number of amides is 1. The van der Waals surface area contributed by atoms with Crippen LogP contribution in [0.25, 0.3) is 0 Å². The molecule has 0 aliphatic heterocycles. The van der Waals surface area contributed by atoms with Crippen molar-refractivity contribution in [1.29, 1.82) is 0 Å². The van der Waals surface area contributed by atoms with Gasteiger partial charge in [-0.2, -0.15) is 0 Å². The lowest BCUT2D eigenvalue weighted by Gasteiger charge is -2.07. The summed E-state index contributed by atoms with van der Waals surface area (Å²) in [7, 11) is 1.59. The number of methoxy groups -OCH3 is 1. The number of benzene rings is 2. The van der Waals surface area contributed by atoms with Crippen LogP contribution in [0.1, 0.15) is 21.5 Å². The first kappa shape index (κ1) is 17.4. The Bertz CT molecular complexity index is 772. The highest BCUT2D eigenvalue weighted by atomic mass is 16.5.